The third-order valence-electron chi connectivity index (χ3n) is 4.49. The standard InChI is InChI=1S/C19H41NO/c1-5-8-9-10-11-12-13-14-15-16-17-18(20-7-3)19(6-2)21-4/h18-20H,5-17H2,1-4H3. The summed E-state index contributed by atoms with van der Waals surface area (Å²) < 4.78 is 5.59. The lowest BCUT2D eigenvalue weighted by Crippen LogP contribution is -2.40. The van der Waals surface area contributed by atoms with Crippen molar-refractivity contribution >= 4 is 0 Å². The quantitative estimate of drug-likeness (QED) is 0.369. The highest BCUT2D eigenvalue weighted by Crippen LogP contribution is 2.14. The monoisotopic (exact) mass is 299 g/mol. The molecule has 0 aliphatic carbocycles. The molecular formula is C19H41NO. The van der Waals surface area contributed by atoms with Crippen molar-refractivity contribution in [2.24, 2.45) is 0 Å². The van der Waals surface area contributed by atoms with Crippen molar-refractivity contribution in [1.82, 2.24) is 5.32 Å². The molecule has 2 atom stereocenters. The topological polar surface area (TPSA) is 21.3 Å². The average Bonchev–Trinajstić information content (AvgIpc) is 2.50. The Morgan fingerprint density at radius 2 is 1.29 bits per heavy atom. The lowest BCUT2D eigenvalue weighted by atomic mass is 10.00. The van der Waals surface area contributed by atoms with Gasteiger partial charge in [-0.25, -0.2) is 0 Å². The van der Waals surface area contributed by atoms with Gasteiger partial charge in [0.25, 0.3) is 0 Å². The number of ether oxygens (including phenoxy) is 1. The van der Waals surface area contributed by atoms with Crippen molar-refractivity contribution in [3.05, 3.63) is 0 Å². The maximum absolute atomic E-state index is 5.59. The molecule has 1 N–H and O–H groups in total. The maximum atomic E-state index is 5.59. The van der Waals surface area contributed by atoms with Crippen LogP contribution < -0.4 is 5.32 Å². The summed E-state index contributed by atoms with van der Waals surface area (Å²) in [6, 6.07) is 0.541. The fraction of sp³-hybridized carbons (Fsp3) is 1.00. The zero-order chi connectivity index (χ0) is 15.8. The molecule has 2 nitrogen and oxygen atoms in total. The second-order valence-corrected chi connectivity index (χ2v) is 6.32. The molecule has 0 bridgehead atoms. The number of hydrogen-bond donors (Lipinski definition) is 1. The molecule has 0 spiro atoms. The number of hydrogen-bond acceptors (Lipinski definition) is 2. The average molecular weight is 300 g/mol. The predicted molar refractivity (Wildman–Crippen MR) is 95.0 cm³/mol. The zero-order valence-corrected chi connectivity index (χ0v) is 15.3. The Morgan fingerprint density at radius 1 is 0.762 bits per heavy atom. The molecule has 0 heterocycles. The van der Waals surface area contributed by atoms with Gasteiger partial charge in [-0.05, 0) is 19.4 Å². The third kappa shape index (κ3) is 12.2. The lowest BCUT2D eigenvalue weighted by molar-refractivity contribution is 0.0621. The van der Waals surface area contributed by atoms with Crippen LogP contribution in [0.3, 0.4) is 0 Å². The lowest BCUT2D eigenvalue weighted by Gasteiger charge is -2.25. The van der Waals surface area contributed by atoms with E-state index in [2.05, 4.69) is 26.1 Å². The molecule has 0 saturated carbocycles. The molecular weight excluding hydrogens is 258 g/mol. The normalized spacial score (nSPS) is 14.3. The highest BCUT2D eigenvalue weighted by molar-refractivity contribution is 4.75. The molecule has 2 heteroatoms. The molecule has 0 saturated heterocycles. The van der Waals surface area contributed by atoms with Crippen molar-refractivity contribution in [2.75, 3.05) is 13.7 Å². The van der Waals surface area contributed by atoms with Gasteiger partial charge < -0.3 is 10.1 Å². The van der Waals surface area contributed by atoms with E-state index < -0.39 is 0 Å². The first-order chi connectivity index (χ1) is 10.3. The van der Waals surface area contributed by atoms with Gasteiger partial charge >= 0.3 is 0 Å². The zero-order valence-electron chi connectivity index (χ0n) is 15.3. The Balaban J connectivity index is 3.49. The first kappa shape index (κ1) is 20.9. The minimum Gasteiger partial charge on any atom is -0.380 e. The SMILES string of the molecule is CCCCCCCCCCCCC(NCC)C(CC)OC. The molecule has 0 aliphatic heterocycles. The molecule has 0 amide bonds. The Kier molecular flexibility index (Phi) is 16.2. The van der Waals surface area contributed by atoms with Gasteiger partial charge in [0.2, 0.25) is 0 Å². The van der Waals surface area contributed by atoms with Crippen LogP contribution in [0.15, 0.2) is 0 Å². The molecule has 2 unspecified atom stereocenters. The molecule has 0 aliphatic rings. The Hall–Kier alpha value is -0.0800. The van der Waals surface area contributed by atoms with Crippen molar-refractivity contribution in [3.63, 3.8) is 0 Å². The molecule has 128 valence electrons. The van der Waals surface area contributed by atoms with E-state index in [1.807, 2.05) is 7.11 Å². The van der Waals surface area contributed by atoms with Gasteiger partial charge in [0.15, 0.2) is 0 Å². The van der Waals surface area contributed by atoms with Gasteiger partial charge in [0, 0.05) is 13.2 Å². The van der Waals surface area contributed by atoms with E-state index in [0.717, 1.165) is 13.0 Å². The number of nitrogens with one attached hydrogen (secondary N) is 1. The van der Waals surface area contributed by atoms with Crippen molar-refractivity contribution < 1.29 is 4.74 Å². The van der Waals surface area contributed by atoms with E-state index >= 15 is 0 Å². The van der Waals surface area contributed by atoms with Gasteiger partial charge in [0.1, 0.15) is 0 Å². The minimum atomic E-state index is 0.378. The second-order valence-electron chi connectivity index (χ2n) is 6.32. The number of unbranched alkanes of at least 4 members (excludes halogenated alkanes) is 9. The van der Waals surface area contributed by atoms with Crippen LogP contribution in [0.5, 0.6) is 0 Å². The van der Waals surface area contributed by atoms with Gasteiger partial charge in [-0.1, -0.05) is 85.0 Å². The van der Waals surface area contributed by atoms with Crippen molar-refractivity contribution in [3.8, 4) is 0 Å². The molecule has 21 heavy (non-hydrogen) atoms. The number of rotatable bonds is 16. The van der Waals surface area contributed by atoms with Crippen molar-refractivity contribution in [1.29, 1.82) is 0 Å². The summed E-state index contributed by atoms with van der Waals surface area (Å²) in [5.41, 5.74) is 0. The highest BCUT2D eigenvalue weighted by Gasteiger charge is 2.17. The molecule has 0 aromatic carbocycles. The first-order valence-corrected chi connectivity index (χ1v) is 9.56. The van der Waals surface area contributed by atoms with Crippen LogP contribution in [0, 0.1) is 0 Å². The minimum absolute atomic E-state index is 0.378. The summed E-state index contributed by atoms with van der Waals surface area (Å²) in [4.78, 5) is 0. The number of likely N-dealkylation sites (N-methyl/N-ethyl adjacent to an activating group) is 1. The fourth-order valence-corrected chi connectivity index (χ4v) is 3.15. The maximum Gasteiger partial charge on any atom is 0.0721 e. The van der Waals surface area contributed by atoms with Gasteiger partial charge in [-0.2, -0.15) is 0 Å². The third-order valence-corrected chi connectivity index (χ3v) is 4.49. The van der Waals surface area contributed by atoms with Gasteiger partial charge in [-0.15, -0.1) is 0 Å². The summed E-state index contributed by atoms with van der Waals surface area (Å²) >= 11 is 0. The predicted octanol–water partition coefficient (Wildman–Crippen LogP) is 5.70. The summed E-state index contributed by atoms with van der Waals surface area (Å²) in [5.74, 6) is 0. The van der Waals surface area contributed by atoms with Crippen LogP contribution in [0.25, 0.3) is 0 Å². The first-order valence-electron chi connectivity index (χ1n) is 9.56. The summed E-state index contributed by atoms with van der Waals surface area (Å²) in [6.45, 7) is 7.74. The van der Waals surface area contributed by atoms with E-state index in [-0.39, 0.29) is 0 Å². The van der Waals surface area contributed by atoms with E-state index in [1.165, 1.54) is 70.6 Å². The van der Waals surface area contributed by atoms with Crippen LogP contribution >= 0.6 is 0 Å². The highest BCUT2D eigenvalue weighted by atomic mass is 16.5. The molecule has 0 aromatic rings. The Morgan fingerprint density at radius 3 is 1.71 bits per heavy atom. The van der Waals surface area contributed by atoms with E-state index in [1.54, 1.807) is 0 Å². The van der Waals surface area contributed by atoms with Crippen LogP contribution in [0.4, 0.5) is 0 Å². The molecule has 0 aromatic heterocycles. The molecule has 0 rings (SSSR count). The van der Waals surface area contributed by atoms with E-state index in [0.29, 0.717) is 12.1 Å². The largest absolute Gasteiger partial charge is 0.380 e. The summed E-state index contributed by atoms with van der Waals surface area (Å²) in [6.07, 6.45) is 16.9. The van der Waals surface area contributed by atoms with E-state index in [9.17, 15) is 0 Å². The molecule has 0 radical (unpaired) electrons. The van der Waals surface area contributed by atoms with Crippen LogP contribution in [-0.4, -0.2) is 25.8 Å². The van der Waals surface area contributed by atoms with Crippen molar-refractivity contribution in [2.45, 2.75) is 110 Å². The summed E-state index contributed by atoms with van der Waals surface area (Å²) in [5, 5.41) is 3.59. The Labute approximate surface area is 134 Å². The smallest absolute Gasteiger partial charge is 0.0721 e. The Bertz CT molecular complexity index is 192. The van der Waals surface area contributed by atoms with Gasteiger partial charge in [0.05, 0.1) is 6.10 Å². The summed E-state index contributed by atoms with van der Waals surface area (Å²) in [7, 11) is 1.84. The second kappa shape index (κ2) is 16.3. The molecule has 0 fully saturated rings. The van der Waals surface area contributed by atoms with Crippen LogP contribution in [0.2, 0.25) is 0 Å². The van der Waals surface area contributed by atoms with Crippen LogP contribution in [0.1, 0.15) is 97.8 Å². The van der Waals surface area contributed by atoms with E-state index in [4.69, 9.17) is 4.74 Å². The van der Waals surface area contributed by atoms with Crippen LogP contribution in [-0.2, 0) is 4.74 Å². The number of methoxy groups -OCH3 is 1. The fourth-order valence-electron chi connectivity index (χ4n) is 3.15. The van der Waals surface area contributed by atoms with Gasteiger partial charge in [-0.3, -0.25) is 0 Å².